The van der Waals surface area contributed by atoms with E-state index in [4.69, 9.17) is 9.84 Å². The van der Waals surface area contributed by atoms with E-state index in [0.29, 0.717) is 19.4 Å². The van der Waals surface area contributed by atoms with Crippen LogP contribution in [0.4, 0.5) is 4.79 Å². The third-order valence-electron chi connectivity index (χ3n) is 3.19. The quantitative estimate of drug-likeness (QED) is 0.751. The van der Waals surface area contributed by atoms with Crippen LogP contribution in [0.2, 0.25) is 0 Å². The van der Waals surface area contributed by atoms with Crippen LogP contribution in [0, 0.1) is 0 Å². The number of nitrogens with zero attached hydrogens (tertiary/aromatic N) is 1. The van der Waals surface area contributed by atoms with E-state index in [9.17, 15) is 14.4 Å². The van der Waals surface area contributed by atoms with Crippen LogP contribution in [-0.4, -0.2) is 52.2 Å². The SMILES string of the molecule is CC[C@@H](C=CC(=O)O)NC(=O)[C@@H]1CCN1C(=O)OC(C)(C)C. The Hall–Kier alpha value is -2.05. The molecular formula is C15H24N2O5. The number of nitrogens with one attached hydrogen (secondary N) is 1. The molecule has 2 amide bonds. The first-order valence-electron chi connectivity index (χ1n) is 7.35. The highest BCUT2D eigenvalue weighted by atomic mass is 16.6. The smallest absolute Gasteiger partial charge is 0.410 e. The van der Waals surface area contributed by atoms with Gasteiger partial charge < -0.3 is 15.2 Å². The fourth-order valence-electron chi connectivity index (χ4n) is 1.96. The molecule has 0 aromatic heterocycles. The van der Waals surface area contributed by atoms with Crippen molar-refractivity contribution in [2.24, 2.45) is 0 Å². The van der Waals surface area contributed by atoms with Gasteiger partial charge in [0, 0.05) is 18.7 Å². The van der Waals surface area contributed by atoms with Crippen molar-refractivity contribution in [2.45, 2.75) is 58.2 Å². The molecule has 1 rings (SSSR count). The Bertz CT molecular complexity index is 467. The minimum atomic E-state index is -1.06. The number of carboxylic acid groups (broad SMARTS) is 1. The van der Waals surface area contributed by atoms with E-state index in [1.54, 1.807) is 20.8 Å². The topological polar surface area (TPSA) is 95.9 Å². The van der Waals surface area contributed by atoms with Gasteiger partial charge in [0.1, 0.15) is 11.6 Å². The Morgan fingerprint density at radius 2 is 2.05 bits per heavy atom. The highest BCUT2D eigenvalue weighted by Crippen LogP contribution is 2.21. The van der Waals surface area contributed by atoms with Gasteiger partial charge in [0.2, 0.25) is 5.91 Å². The van der Waals surface area contributed by atoms with Crippen LogP contribution < -0.4 is 5.32 Å². The van der Waals surface area contributed by atoms with Crippen molar-refractivity contribution in [3.05, 3.63) is 12.2 Å². The van der Waals surface area contributed by atoms with Gasteiger partial charge in [-0.25, -0.2) is 9.59 Å². The number of carbonyl (C=O) groups excluding carboxylic acids is 2. The zero-order valence-corrected chi connectivity index (χ0v) is 13.5. The molecule has 1 saturated heterocycles. The molecule has 22 heavy (non-hydrogen) atoms. The zero-order valence-electron chi connectivity index (χ0n) is 13.5. The van der Waals surface area contributed by atoms with Gasteiger partial charge in [-0.2, -0.15) is 0 Å². The highest BCUT2D eigenvalue weighted by Gasteiger charge is 2.40. The second-order valence-corrected chi connectivity index (χ2v) is 6.20. The van der Waals surface area contributed by atoms with E-state index in [1.165, 1.54) is 11.0 Å². The maximum atomic E-state index is 12.2. The standard InChI is InChI=1S/C15H24N2O5/c1-5-10(6-7-12(18)19)16-13(20)11-8-9-17(11)14(21)22-15(2,3)4/h6-7,10-11H,5,8-9H2,1-4H3,(H,16,20)(H,18,19)/t10-,11-/m0/s1. The van der Waals surface area contributed by atoms with Gasteiger partial charge in [-0.1, -0.05) is 13.0 Å². The van der Waals surface area contributed by atoms with E-state index in [1.807, 2.05) is 6.92 Å². The molecule has 2 N–H and O–H groups in total. The van der Waals surface area contributed by atoms with E-state index in [0.717, 1.165) is 6.08 Å². The van der Waals surface area contributed by atoms with E-state index >= 15 is 0 Å². The number of hydrogen-bond donors (Lipinski definition) is 2. The van der Waals surface area contributed by atoms with Crippen molar-refractivity contribution in [3.63, 3.8) is 0 Å². The number of aliphatic carboxylic acids is 1. The molecule has 1 fully saturated rings. The number of amides is 2. The second-order valence-electron chi connectivity index (χ2n) is 6.20. The van der Waals surface area contributed by atoms with Gasteiger partial charge in [0.05, 0.1) is 0 Å². The number of likely N-dealkylation sites (tertiary alicyclic amines) is 1. The van der Waals surface area contributed by atoms with Crippen LogP contribution in [0.15, 0.2) is 12.2 Å². The Morgan fingerprint density at radius 3 is 2.45 bits per heavy atom. The van der Waals surface area contributed by atoms with Crippen LogP contribution in [0.1, 0.15) is 40.5 Å². The molecule has 1 aliphatic heterocycles. The molecule has 1 heterocycles. The summed E-state index contributed by atoms with van der Waals surface area (Å²) in [5.41, 5.74) is -0.607. The lowest BCUT2D eigenvalue weighted by Crippen LogP contribution is -2.60. The van der Waals surface area contributed by atoms with Crippen molar-refractivity contribution in [1.29, 1.82) is 0 Å². The van der Waals surface area contributed by atoms with E-state index < -0.39 is 23.7 Å². The Morgan fingerprint density at radius 1 is 1.41 bits per heavy atom. The van der Waals surface area contributed by atoms with Gasteiger partial charge >= 0.3 is 12.1 Å². The molecule has 0 spiro atoms. The van der Waals surface area contributed by atoms with Crippen molar-refractivity contribution in [3.8, 4) is 0 Å². The lowest BCUT2D eigenvalue weighted by atomic mass is 10.0. The molecule has 7 nitrogen and oxygen atoms in total. The number of rotatable bonds is 5. The lowest BCUT2D eigenvalue weighted by molar-refractivity contribution is -0.132. The summed E-state index contributed by atoms with van der Waals surface area (Å²) in [6, 6.07) is -0.924. The van der Waals surface area contributed by atoms with Gasteiger partial charge in [-0.05, 0) is 33.6 Å². The van der Waals surface area contributed by atoms with Crippen LogP contribution in [0.3, 0.4) is 0 Å². The number of hydrogen-bond acceptors (Lipinski definition) is 4. The third-order valence-corrected chi connectivity index (χ3v) is 3.19. The zero-order chi connectivity index (χ0) is 16.9. The van der Waals surface area contributed by atoms with Crippen LogP contribution in [-0.2, 0) is 14.3 Å². The Balaban J connectivity index is 2.58. The lowest BCUT2D eigenvalue weighted by Gasteiger charge is -2.40. The van der Waals surface area contributed by atoms with Crippen LogP contribution in [0.5, 0.6) is 0 Å². The first-order valence-corrected chi connectivity index (χ1v) is 7.35. The molecule has 0 aromatic carbocycles. The molecule has 0 unspecified atom stereocenters. The Kier molecular flexibility index (Phi) is 5.96. The Labute approximate surface area is 130 Å². The van der Waals surface area contributed by atoms with Crippen LogP contribution in [0.25, 0.3) is 0 Å². The first-order chi connectivity index (χ1) is 10.1. The fourth-order valence-corrected chi connectivity index (χ4v) is 1.96. The van der Waals surface area contributed by atoms with E-state index in [2.05, 4.69) is 5.32 Å². The summed E-state index contributed by atoms with van der Waals surface area (Å²) < 4.78 is 5.25. The monoisotopic (exact) mass is 312 g/mol. The molecule has 1 aliphatic rings. The van der Waals surface area contributed by atoms with Crippen molar-refractivity contribution in [1.82, 2.24) is 10.2 Å². The number of carbonyl (C=O) groups is 3. The fraction of sp³-hybridized carbons (Fsp3) is 0.667. The molecule has 2 atom stereocenters. The largest absolute Gasteiger partial charge is 0.478 e. The predicted octanol–water partition coefficient (Wildman–Crippen LogP) is 1.53. The third kappa shape index (κ3) is 5.38. The summed E-state index contributed by atoms with van der Waals surface area (Å²) in [7, 11) is 0. The summed E-state index contributed by atoms with van der Waals surface area (Å²) in [5, 5.41) is 11.3. The highest BCUT2D eigenvalue weighted by molar-refractivity contribution is 5.87. The minimum Gasteiger partial charge on any atom is -0.478 e. The summed E-state index contributed by atoms with van der Waals surface area (Å²) in [4.78, 5) is 36.0. The first kappa shape index (κ1) is 18.0. The van der Waals surface area contributed by atoms with Gasteiger partial charge in [-0.3, -0.25) is 9.69 Å². The molecule has 0 aliphatic carbocycles. The molecule has 0 bridgehead atoms. The number of ether oxygens (including phenoxy) is 1. The van der Waals surface area contributed by atoms with Crippen LogP contribution >= 0.6 is 0 Å². The minimum absolute atomic E-state index is 0.293. The summed E-state index contributed by atoms with van der Waals surface area (Å²) in [6.07, 6.45) is 3.06. The summed E-state index contributed by atoms with van der Waals surface area (Å²) >= 11 is 0. The number of carboxylic acids is 1. The average molecular weight is 312 g/mol. The maximum Gasteiger partial charge on any atom is 0.410 e. The molecule has 7 heteroatoms. The van der Waals surface area contributed by atoms with Crippen molar-refractivity contribution in [2.75, 3.05) is 6.54 Å². The molecular weight excluding hydrogens is 288 g/mol. The van der Waals surface area contributed by atoms with Gasteiger partial charge in [0.25, 0.3) is 0 Å². The van der Waals surface area contributed by atoms with Gasteiger partial charge in [-0.15, -0.1) is 0 Å². The maximum absolute atomic E-state index is 12.2. The second kappa shape index (κ2) is 7.29. The summed E-state index contributed by atoms with van der Waals surface area (Å²) in [6.45, 7) is 7.62. The predicted molar refractivity (Wildman–Crippen MR) is 80.3 cm³/mol. The molecule has 0 aromatic rings. The van der Waals surface area contributed by atoms with Crippen molar-refractivity contribution >= 4 is 18.0 Å². The van der Waals surface area contributed by atoms with Crippen molar-refractivity contribution < 1.29 is 24.2 Å². The normalized spacial score (nSPS) is 19.5. The molecule has 0 saturated carbocycles. The van der Waals surface area contributed by atoms with E-state index in [-0.39, 0.29) is 11.9 Å². The van der Waals surface area contributed by atoms with Gasteiger partial charge in [0.15, 0.2) is 0 Å². The average Bonchev–Trinajstić information content (AvgIpc) is 2.30. The molecule has 124 valence electrons. The summed E-state index contributed by atoms with van der Waals surface area (Å²) in [5.74, 6) is -1.36. The molecule has 0 radical (unpaired) electrons.